The first-order valence-corrected chi connectivity index (χ1v) is 9.01. The Labute approximate surface area is 152 Å². The third-order valence-corrected chi connectivity index (χ3v) is 4.74. The van der Waals surface area contributed by atoms with Gasteiger partial charge in [-0.25, -0.2) is 9.48 Å². The standard InChI is InChI=1S/C17H16N6O2S/c1-2-8-22-15(13-6-5-11-25-13)18-19-16(22)26-12-10-23-17(24)21-9-4-3-7-14(21)20-23/h2-7,9,11H,1,8,10,12H2. The topological polar surface area (TPSA) is 83.2 Å². The molecule has 4 aromatic rings. The van der Waals surface area contributed by atoms with Crippen molar-refractivity contribution in [3.63, 3.8) is 0 Å². The number of hydrogen-bond donors (Lipinski definition) is 0. The van der Waals surface area contributed by atoms with Gasteiger partial charge < -0.3 is 4.42 Å². The molecule has 0 N–H and O–H groups in total. The molecule has 0 radical (unpaired) electrons. The van der Waals surface area contributed by atoms with E-state index < -0.39 is 0 Å². The van der Waals surface area contributed by atoms with Gasteiger partial charge in [-0.1, -0.05) is 23.9 Å². The molecule has 0 saturated heterocycles. The van der Waals surface area contributed by atoms with Crippen LogP contribution in [0.15, 0.2) is 69.8 Å². The van der Waals surface area contributed by atoms with Gasteiger partial charge in [0.2, 0.25) is 5.82 Å². The minimum Gasteiger partial charge on any atom is -0.461 e. The van der Waals surface area contributed by atoms with E-state index in [1.54, 1.807) is 24.6 Å². The number of aromatic nitrogens is 6. The van der Waals surface area contributed by atoms with Crippen LogP contribution in [0.5, 0.6) is 0 Å². The van der Waals surface area contributed by atoms with E-state index in [1.165, 1.54) is 20.8 Å². The molecule has 8 nitrogen and oxygen atoms in total. The maximum absolute atomic E-state index is 12.3. The SMILES string of the molecule is C=CCn1c(SCCn2nc3ccccn3c2=O)nnc1-c1ccco1. The van der Waals surface area contributed by atoms with Crippen molar-refractivity contribution in [3.8, 4) is 11.6 Å². The van der Waals surface area contributed by atoms with Crippen LogP contribution in [-0.4, -0.2) is 34.7 Å². The number of rotatable bonds is 7. The molecule has 0 fully saturated rings. The second-order valence-corrected chi connectivity index (χ2v) is 6.53. The Morgan fingerprint density at radius 2 is 2.15 bits per heavy atom. The van der Waals surface area contributed by atoms with Gasteiger partial charge >= 0.3 is 5.69 Å². The molecule has 0 aliphatic carbocycles. The molecule has 132 valence electrons. The van der Waals surface area contributed by atoms with E-state index in [0.717, 1.165) is 5.16 Å². The number of hydrogen-bond acceptors (Lipinski definition) is 6. The van der Waals surface area contributed by atoms with Crippen LogP contribution in [0.1, 0.15) is 0 Å². The number of aryl methyl sites for hydroxylation is 1. The monoisotopic (exact) mass is 368 g/mol. The lowest BCUT2D eigenvalue weighted by atomic mass is 10.4. The molecule has 26 heavy (non-hydrogen) atoms. The molecule has 0 aliphatic rings. The fourth-order valence-electron chi connectivity index (χ4n) is 2.61. The smallest absolute Gasteiger partial charge is 0.350 e. The Hall–Kier alpha value is -3.07. The molecular formula is C17H16N6O2S. The Kier molecular flexibility index (Phi) is 4.44. The maximum Gasteiger partial charge on any atom is 0.350 e. The Morgan fingerprint density at radius 3 is 2.92 bits per heavy atom. The predicted molar refractivity (Wildman–Crippen MR) is 98.1 cm³/mol. The van der Waals surface area contributed by atoms with Crippen LogP contribution in [0.2, 0.25) is 0 Å². The summed E-state index contributed by atoms with van der Waals surface area (Å²) in [4.78, 5) is 12.3. The molecule has 4 heterocycles. The van der Waals surface area contributed by atoms with Crippen LogP contribution in [-0.2, 0) is 13.1 Å². The van der Waals surface area contributed by atoms with Crippen molar-refractivity contribution in [2.75, 3.05) is 5.75 Å². The highest BCUT2D eigenvalue weighted by molar-refractivity contribution is 7.99. The zero-order valence-corrected chi connectivity index (χ0v) is 14.7. The second-order valence-electron chi connectivity index (χ2n) is 5.47. The molecule has 0 spiro atoms. The summed E-state index contributed by atoms with van der Waals surface area (Å²) in [6.45, 7) is 4.83. The summed E-state index contributed by atoms with van der Waals surface area (Å²) in [6.07, 6.45) is 5.10. The third-order valence-electron chi connectivity index (χ3n) is 3.79. The first kappa shape index (κ1) is 16.4. The Balaban J connectivity index is 1.52. The minimum atomic E-state index is -0.148. The van der Waals surface area contributed by atoms with Gasteiger partial charge in [-0.3, -0.25) is 8.97 Å². The Morgan fingerprint density at radius 1 is 1.23 bits per heavy atom. The first-order valence-electron chi connectivity index (χ1n) is 8.03. The van der Waals surface area contributed by atoms with Gasteiger partial charge in [0.15, 0.2) is 16.6 Å². The number of thioether (sulfide) groups is 1. The largest absolute Gasteiger partial charge is 0.461 e. The van der Waals surface area contributed by atoms with E-state index in [9.17, 15) is 4.79 Å². The quantitative estimate of drug-likeness (QED) is 0.368. The van der Waals surface area contributed by atoms with Crippen molar-refractivity contribution in [2.45, 2.75) is 18.2 Å². The van der Waals surface area contributed by atoms with Crippen molar-refractivity contribution in [1.29, 1.82) is 0 Å². The molecular weight excluding hydrogens is 352 g/mol. The van der Waals surface area contributed by atoms with Crippen LogP contribution in [0.4, 0.5) is 0 Å². The molecule has 0 unspecified atom stereocenters. The van der Waals surface area contributed by atoms with Gasteiger partial charge in [-0.15, -0.1) is 21.9 Å². The molecule has 0 aromatic carbocycles. The fourth-order valence-corrected chi connectivity index (χ4v) is 3.48. The molecule has 0 bridgehead atoms. The zero-order chi connectivity index (χ0) is 17.9. The van der Waals surface area contributed by atoms with E-state index in [4.69, 9.17) is 4.42 Å². The van der Waals surface area contributed by atoms with E-state index >= 15 is 0 Å². The number of pyridine rings is 1. The average Bonchev–Trinajstić information content (AvgIpc) is 3.37. The molecule has 0 atom stereocenters. The number of furan rings is 1. The highest BCUT2D eigenvalue weighted by Crippen LogP contribution is 2.24. The van der Waals surface area contributed by atoms with Crippen LogP contribution in [0.25, 0.3) is 17.2 Å². The van der Waals surface area contributed by atoms with Crippen molar-refractivity contribution < 1.29 is 4.42 Å². The van der Waals surface area contributed by atoms with Gasteiger partial charge in [0, 0.05) is 18.5 Å². The van der Waals surface area contributed by atoms with Crippen molar-refractivity contribution >= 4 is 17.4 Å². The van der Waals surface area contributed by atoms with Gasteiger partial charge in [-0.2, -0.15) is 0 Å². The van der Waals surface area contributed by atoms with E-state index in [0.29, 0.717) is 36.1 Å². The van der Waals surface area contributed by atoms with Crippen LogP contribution in [0, 0.1) is 0 Å². The molecule has 0 amide bonds. The highest BCUT2D eigenvalue weighted by Gasteiger charge is 2.15. The average molecular weight is 368 g/mol. The fraction of sp³-hybridized carbons (Fsp3) is 0.176. The minimum absolute atomic E-state index is 0.148. The lowest BCUT2D eigenvalue weighted by molar-refractivity contribution is 0.569. The predicted octanol–water partition coefficient (Wildman–Crippen LogP) is 2.33. The van der Waals surface area contributed by atoms with Gasteiger partial charge in [0.25, 0.3) is 0 Å². The Bertz CT molecular complexity index is 1090. The highest BCUT2D eigenvalue weighted by atomic mass is 32.2. The van der Waals surface area contributed by atoms with E-state index in [-0.39, 0.29) is 5.69 Å². The van der Waals surface area contributed by atoms with E-state index in [2.05, 4.69) is 21.9 Å². The van der Waals surface area contributed by atoms with Crippen LogP contribution >= 0.6 is 11.8 Å². The molecule has 4 rings (SSSR count). The summed E-state index contributed by atoms with van der Waals surface area (Å²) < 4.78 is 10.3. The van der Waals surface area contributed by atoms with Crippen molar-refractivity contribution in [2.24, 2.45) is 0 Å². The summed E-state index contributed by atoms with van der Waals surface area (Å²) in [5.41, 5.74) is 0.488. The number of fused-ring (bicyclic) bond motifs is 1. The lowest BCUT2D eigenvalue weighted by Crippen LogP contribution is -2.22. The van der Waals surface area contributed by atoms with Crippen molar-refractivity contribution in [1.82, 2.24) is 28.9 Å². The summed E-state index contributed by atoms with van der Waals surface area (Å²) in [7, 11) is 0. The van der Waals surface area contributed by atoms with Gasteiger partial charge in [0.05, 0.1) is 12.8 Å². The number of nitrogens with zero attached hydrogens (tertiary/aromatic N) is 6. The summed E-state index contributed by atoms with van der Waals surface area (Å²) in [5, 5.41) is 13.5. The lowest BCUT2D eigenvalue weighted by Gasteiger charge is -2.05. The summed E-state index contributed by atoms with van der Waals surface area (Å²) >= 11 is 1.51. The van der Waals surface area contributed by atoms with Crippen LogP contribution in [0.3, 0.4) is 0 Å². The van der Waals surface area contributed by atoms with Gasteiger partial charge in [-0.05, 0) is 24.3 Å². The number of allylic oxidation sites excluding steroid dienone is 1. The van der Waals surface area contributed by atoms with Gasteiger partial charge in [0.1, 0.15) is 0 Å². The van der Waals surface area contributed by atoms with E-state index in [1.807, 2.05) is 28.8 Å². The van der Waals surface area contributed by atoms with Crippen LogP contribution < -0.4 is 5.69 Å². The first-order chi connectivity index (χ1) is 12.8. The molecule has 4 aromatic heterocycles. The third kappa shape index (κ3) is 2.97. The van der Waals surface area contributed by atoms with Crippen molar-refractivity contribution in [3.05, 3.63) is 65.9 Å². The zero-order valence-electron chi connectivity index (χ0n) is 13.9. The second kappa shape index (κ2) is 7.04. The molecule has 9 heteroatoms. The maximum atomic E-state index is 12.3. The summed E-state index contributed by atoms with van der Waals surface area (Å²) in [5.74, 6) is 1.95. The molecule has 0 aliphatic heterocycles. The molecule has 0 saturated carbocycles. The normalized spacial score (nSPS) is 11.2. The summed E-state index contributed by atoms with van der Waals surface area (Å²) in [6, 6.07) is 9.12.